The molecule has 0 bridgehead atoms. The first-order valence-electron chi connectivity index (χ1n) is 7.29. The lowest BCUT2D eigenvalue weighted by Crippen LogP contribution is -2.36. The molecule has 0 amide bonds. The lowest BCUT2D eigenvalue weighted by Gasteiger charge is -2.28. The molecule has 0 spiro atoms. The van der Waals surface area contributed by atoms with Crippen molar-refractivity contribution in [3.63, 3.8) is 0 Å². The predicted octanol–water partition coefficient (Wildman–Crippen LogP) is 2.32. The van der Waals surface area contributed by atoms with Crippen molar-refractivity contribution in [2.75, 3.05) is 31.2 Å². The molecule has 2 aromatic rings. The average molecular weight is 315 g/mol. The third-order valence-electron chi connectivity index (χ3n) is 3.97. The average Bonchev–Trinajstić information content (AvgIpc) is 2.99. The van der Waals surface area contributed by atoms with Crippen LogP contribution in [0.2, 0.25) is 5.15 Å². The van der Waals surface area contributed by atoms with Crippen molar-refractivity contribution in [1.29, 1.82) is 0 Å². The molecular weight excluding hydrogens is 300 g/mol. The number of ether oxygens (including phenoxy) is 1. The molecule has 4 rings (SSSR count). The first-order valence-corrected chi connectivity index (χ1v) is 7.67. The Morgan fingerprint density at radius 3 is 2.86 bits per heavy atom. The molecular formula is C16H15ClN4O. The van der Waals surface area contributed by atoms with Crippen LogP contribution in [0.4, 0.5) is 5.82 Å². The van der Waals surface area contributed by atoms with Crippen molar-refractivity contribution in [1.82, 2.24) is 9.97 Å². The largest absolute Gasteiger partial charge is 0.378 e. The van der Waals surface area contributed by atoms with Gasteiger partial charge in [0.25, 0.3) is 0 Å². The van der Waals surface area contributed by atoms with E-state index in [1.54, 1.807) is 6.20 Å². The maximum absolute atomic E-state index is 6.03. The van der Waals surface area contributed by atoms with Crippen LogP contribution >= 0.6 is 11.6 Å². The minimum Gasteiger partial charge on any atom is -0.378 e. The summed E-state index contributed by atoms with van der Waals surface area (Å²) in [4.78, 5) is 15.5. The summed E-state index contributed by atoms with van der Waals surface area (Å²) in [7, 11) is 0. The fourth-order valence-corrected chi connectivity index (χ4v) is 2.99. The molecule has 0 aliphatic carbocycles. The van der Waals surface area contributed by atoms with E-state index in [9.17, 15) is 0 Å². The number of hydrogen-bond acceptors (Lipinski definition) is 5. The Hall–Kier alpha value is -1.98. The van der Waals surface area contributed by atoms with Gasteiger partial charge >= 0.3 is 0 Å². The number of rotatable bonds is 2. The maximum atomic E-state index is 6.03. The zero-order valence-corrected chi connectivity index (χ0v) is 12.8. The monoisotopic (exact) mass is 314 g/mol. The highest BCUT2D eigenvalue weighted by atomic mass is 35.5. The number of pyridine rings is 2. The van der Waals surface area contributed by atoms with E-state index in [1.807, 2.05) is 18.3 Å². The van der Waals surface area contributed by atoms with Gasteiger partial charge in [0.2, 0.25) is 0 Å². The van der Waals surface area contributed by atoms with Crippen LogP contribution in [0, 0.1) is 0 Å². The number of hydrogen-bond donors (Lipinski definition) is 0. The Bertz CT molecular complexity index is 741. The van der Waals surface area contributed by atoms with Gasteiger partial charge in [-0.1, -0.05) is 11.6 Å². The molecule has 1 fully saturated rings. The molecule has 112 valence electrons. The molecule has 0 aromatic carbocycles. The molecule has 0 atom stereocenters. The molecule has 0 saturated carbocycles. The number of nitrogens with zero attached hydrogens (tertiary/aromatic N) is 4. The summed E-state index contributed by atoms with van der Waals surface area (Å²) in [6.07, 6.45) is 3.64. The maximum Gasteiger partial charge on any atom is 0.129 e. The van der Waals surface area contributed by atoms with Crippen LogP contribution in [0.3, 0.4) is 0 Å². The van der Waals surface area contributed by atoms with Gasteiger partial charge in [0, 0.05) is 42.2 Å². The highest BCUT2D eigenvalue weighted by molar-refractivity contribution is 6.30. The van der Waals surface area contributed by atoms with E-state index in [2.05, 4.69) is 25.9 Å². The van der Waals surface area contributed by atoms with Gasteiger partial charge in [0.05, 0.1) is 25.5 Å². The van der Waals surface area contributed by atoms with Crippen molar-refractivity contribution < 1.29 is 4.74 Å². The van der Waals surface area contributed by atoms with Gasteiger partial charge in [-0.2, -0.15) is 0 Å². The second-order valence-corrected chi connectivity index (χ2v) is 5.72. The van der Waals surface area contributed by atoms with Gasteiger partial charge in [0.1, 0.15) is 11.0 Å². The molecule has 1 saturated heterocycles. The van der Waals surface area contributed by atoms with Crippen molar-refractivity contribution in [3.05, 3.63) is 52.4 Å². The quantitative estimate of drug-likeness (QED) is 0.798. The zero-order valence-electron chi connectivity index (χ0n) is 12.0. The summed E-state index contributed by atoms with van der Waals surface area (Å²) in [6.45, 7) is 3.89. The summed E-state index contributed by atoms with van der Waals surface area (Å²) in [5.41, 5.74) is 4.22. The first kappa shape index (κ1) is 13.7. The van der Waals surface area contributed by atoms with Crippen LogP contribution in [0.1, 0.15) is 16.7 Å². The number of fused-ring (bicyclic) bond motifs is 1. The Balaban J connectivity index is 1.68. The molecule has 22 heavy (non-hydrogen) atoms. The van der Waals surface area contributed by atoms with Crippen LogP contribution < -0.4 is 4.90 Å². The molecule has 0 radical (unpaired) electrons. The van der Waals surface area contributed by atoms with E-state index in [-0.39, 0.29) is 0 Å². The SMILES string of the molecule is Clc1cc2c(cn1)CN=C2c1ccnc(N2CCOCC2)c1. The standard InChI is InChI=1S/C16H15ClN4O/c17-14-8-13-12(9-19-14)10-20-16(13)11-1-2-18-15(7-11)21-3-5-22-6-4-21/h1-2,7-9H,3-6,10H2. The molecule has 5 nitrogen and oxygen atoms in total. The highest BCUT2D eigenvalue weighted by Crippen LogP contribution is 2.26. The summed E-state index contributed by atoms with van der Waals surface area (Å²) in [6, 6.07) is 5.97. The van der Waals surface area contributed by atoms with Crippen LogP contribution in [0.25, 0.3) is 0 Å². The summed E-state index contributed by atoms with van der Waals surface area (Å²) >= 11 is 6.03. The normalized spacial score (nSPS) is 17.3. The molecule has 2 aliphatic rings. The fourth-order valence-electron chi connectivity index (χ4n) is 2.83. The minimum atomic E-state index is 0.496. The van der Waals surface area contributed by atoms with E-state index in [1.165, 1.54) is 0 Å². The molecule has 6 heteroatoms. The Morgan fingerprint density at radius 1 is 1.14 bits per heavy atom. The number of halogens is 1. The van der Waals surface area contributed by atoms with Crippen molar-refractivity contribution in [2.45, 2.75) is 6.54 Å². The second kappa shape index (κ2) is 5.66. The van der Waals surface area contributed by atoms with Gasteiger partial charge in [-0.15, -0.1) is 0 Å². The Labute approximate surface area is 133 Å². The van der Waals surface area contributed by atoms with Crippen LogP contribution in [0.15, 0.2) is 35.6 Å². The Kier molecular flexibility index (Phi) is 3.52. The number of aromatic nitrogens is 2. The van der Waals surface area contributed by atoms with Crippen molar-refractivity contribution >= 4 is 23.1 Å². The number of anilines is 1. The lowest BCUT2D eigenvalue weighted by molar-refractivity contribution is 0.122. The first-order chi connectivity index (χ1) is 10.8. The highest BCUT2D eigenvalue weighted by Gasteiger charge is 2.20. The van der Waals surface area contributed by atoms with E-state index >= 15 is 0 Å². The molecule has 4 heterocycles. The summed E-state index contributed by atoms with van der Waals surface area (Å²) in [5, 5.41) is 0.496. The van der Waals surface area contributed by atoms with Gasteiger partial charge in [-0.25, -0.2) is 9.97 Å². The van der Waals surface area contributed by atoms with Crippen LogP contribution in [-0.4, -0.2) is 42.0 Å². The minimum absolute atomic E-state index is 0.496. The Morgan fingerprint density at radius 2 is 2.00 bits per heavy atom. The van der Waals surface area contributed by atoms with Crippen molar-refractivity contribution in [2.24, 2.45) is 4.99 Å². The topological polar surface area (TPSA) is 50.6 Å². The van der Waals surface area contributed by atoms with E-state index in [0.29, 0.717) is 11.7 Å². The van der Waals surface area contributed by atoms with E-state index in [4.69, 9.17) is 16.3 Å². The third kappa shape index (κ3) is 2.46. The van der Waals surface area contributed by atoms with E-state index < -0.39 is 0 Å². The van der Waals surface area contributed by atoms with Gasteiger partial charge in [-0.3, -0.25) is 4.99 Å². The fraction of sp³-hybridized carbons (Fsp3) is 0.312. The van der Waals surface area contributed by atoms with Crippen molar-refractivity contribution in [3.8, 4) is 0 Å². The zero-order chi connectivity index (χ0) is 14.9. The van der Waals surface area contributed by atoms with Crippen LogP contribution in [0.5, 0.6) is 0 Å². The number of aliphatic imine (C=N–C) groups is 1. The smallest absolute Gasteiger partial charge is 0.129 e. The van der Waals surface area contributed by atoms with Gasteiger partial charge in [-0.05, 0) is 18.2 Å². The third-order valence-corrected chi connectivity index (χ3v) is 4.18. The molecule has 2 aromatic heterocycles. The lowest BCUT2D eigenvalue weighted by atomic mass is 10.0. The number of morpholine rings is 1. The van der Waals surface area contributed by atoms with Gasteiger partial charge in [0.15, 0.2) is 0 Å². The second-order valence-electron chi connectivity index (χ2n) is 5.33. The summed E-state index contributed by atoms with van der Waals surface area (Å²) < 4.78 is 5.40. The van der Waals surface area contributed by atoms with E-state index in [0.717, 1.165) is 54.5 Å². The van der Waals surface area contributed by atoms with Crippen LogP contribution in [-0.2, 0) is 11.3 Å². The predicted molar refractivity (Wildman–Crippen MR) is 85.9 cm³/mol. The molecule has 2 aliphatic heterocycles. The molecule has 0 unspecified atom stereocenters. The molecule has 0 N–H and O–H groups in total. The van der Waals surface area contributed by atoms with Gasteiger partial charge < -0.3 is 9.64 Å². The summed E-state index contributed by atoms with van der Waals surface area (Å²) in [5.74, 6) is 0.970.